The van der Waals surface area contributed by atoms with Crippen LogP contribution in [-0.2, 0) is 0 Å². The molecule has 1 atom stereocenters. The molecule has 2 nitrogen and oxygen atoms in total. The van der Waals surface area contributed by atoms with Crippen molar-refractivity contribution in [3.8, 4) is 5.75 Å². The van der Waals surface area contributed by atoms with E-state index >= 15 is 0 Å². The fourth-order valence-corrected chi connectivity index (χ4v) is 1.37. The third-order valence-electron chi connectivity index (χ3n) is 2.15. The van der Waals surface area contributed by atoms with Crippen molar-refractivity contribution in [2.24, 2.45) is 5.73 Å². The third-order valence-corrected chi connectivity index (χ3v) is 2.55. The Bertz CT molecular complexity index is 312. The number of aromatic hydroxyl groups is 1. The maximum atomic E-state index is 9.58. The highest BCUT2D eigenvalue weighted by atomic mass is 35.5. The van der Waals surface area contributed by atoms with Gasteiger partial charge in [-0.05, 0) is 31.0 Å². The molecule has 0 fully saturated rings. The van der Waals surface area contributed by atoms with Crippen LogP contribution in [0.3, 0.4) is 0 Å². The Balaban J connectivity index is 3.15. The van der Waals surface area contributed by atoms with Gasteiger partial charge < -0.3 is 10.8 Å². The van der Waals surface area contributed by atoms with E-state index in [0.29, 0.717) is 5.02 Å². The van der Waals surface area contributed by atoms with Gasteiger partial charge in [-0.25, -0.2) is 0 Å². The Labute approximate surface area is 83.3 Å². The van der Waals surface area contributed by atoms with Gasteiger partial charge in [0.1, 0.15) is 5.75 Å². The summed E-state index contributed by atoms with van der Waals surface area (Å²) in [6, 6.07) is 3.24. The van der Waals surface area contributed by atoms with Crippen molar-refractivity contribution in [1.82, 2.24) is 0 Å². The van der Waals surface area contributed by atoms with E-state index in [1.54, 1.807) is 12.1 Å². The number of phenolic OH excluding ortho intramolecular Hbond substituents is 1. The summed E-state index contributed by atoms with van der Waals surface area (Å²) in [7, 11) is 0. The number of aryl methyl sites for hydroxylation is 1. The van der Waals surface area contributed by atoms with Gasteiger partial charge in [-0.15, -0.1) is 0 Å². The highest BCUT2D eigenvalue weighted by molar-refractivity contribution is 6.31. The summed E-state index contributed by atoms with van der Waals surface area (Å²) in [6.45, 7) is 3.82. The molecule has 0 aliphatic carbocycles. The molecule has 1 rings (SSSR count). The minimum atomic E-state index is -0.141. The minimum Gasteiger partial charge on any atom is -0.508 e. The second-order valence-electron chi connectivity index (χ2n) is 3.17. The molecule has 13 heavy (non-hydrogen) atoms. The van der Waals surface area contributed by atoms with Crippen LogP contribution in [0.4, 0.5) is 0 Å². The van der Waals surface area contributed by atoms with Crippen molar-refractivity contribution >= 4 is 11.6 Å². The molecule has 0 saturated heterocycles. The summed E-state index contributed by atoms with van der Waals surface area (Å²) in [5.41, 5.74) is 7.38. The van der Waals surface area contributed by atoms with Crippen LogP contribution in [0.5, 0.6) is 5.75 Å². The normalized spacial score (nSPS) is 12.9. The molecule has 72 valence electrons. The summed E-state index contributed by atoms with van der Waals surface area (Å²) >= 11 is 5.92. The molecule has 0 aromatic heterocycles. The molecule has 0 amide bonds. The Kier molecular flexibility index (Phi) is 3.17. The first kappa shape index (κ1) is 10.4. The zero-order chi connectivity index (χ0) is 10.0. The van der Waals surface area contributed by atoms with Gasteiger partial charge in [-0.3, -0.25) is 0 Å². The molecule has 0 aliphatic heterocycles. The van der Waals surface area contributed by atoms with Gasteiger partial charge in [0, 0.05) is 16.6 Å². The first-order valence-corrected chi connectivity index (χ1v) is 4.68. The van der Waals surface area contributed by atoms with Crippen LogP contribution in [0.1, 0.15) is 30.5 Å². The fraction of sp³-hybridized carbons (Fsp3) is 0.400. The lowest BCUT2D eigenvalue weighted by atomic mass is 10.0. The third kappa shape index (κ3) is 2.14. The summed E-state index contributed by atoms with van der Waals surface area (Å²) in [6.07, 6.45) is 0.785. The number of benzene rings is 1. The lowest BCUT2D eigenvalue weighted by Crippen LogP contribution is -2.08. The van der Waals surface area contributed by atoms with Crippen LogP contribution >= 0.6 is 11.6 Å². The Hall–Kier alpha value is -0.730. The van der Waals surface area contributed by atoms with Crippen molar-refractivity contribution in [1.29, 1.82) is 0 Å². The van der Waals surface area contributed by atoms with Gasteiger partial charge in [-0.2, -0.15) is 0 Å². The zero-order valence-corrected chi connectivity index (χ0v) is 8.60. The van der Waals surface area contributed by atoms with Crippen LogP contribution in [0.2, 0.25) is 5.02 Å². The molecule has 1 unspecified atom stereocenters. The van der Waals surface area contributed by atoms with E-state index < -0.39 is 0 Å². The summed E-state index contributed by atoms with van der Waals surface area (Å²) < 4.78 is 0. The second kappa shape index (κ2) is 3.99. The molecule has 1 aromatic carbocycles. The van der Waals surface area contributed by atoms with Crippen LogP contribution in [0, 0.1) is 6.92 Å². The van der Waals surface area contributed by atoms with E-state index in [2.05, 4.69) is 0 Å². The number of hydrogen-bond acceptors (Lipinski definition) is 2. The summed E-state index contributed by atoms with van der Waals surface area (Å²) in [4.78, 5) is 0. The predicted molar refractivity (Wildman–Crippen MR) is 55.1 cm³/mol. The van der Waals surface area contributed by atoms with E-state index in [1.807, 2.05) is 13.8 Å². The Morgan fingerprint density at radius 2 is 2.15 bits per heavy atom. The number of phenols is 1. The highest BCUT2D eigenvalue weighted by Gasteiger charge is 2.10. The summed E-state index contributed by atoms with van der Waals surface area (Å²) in [5.74, 6) is 0.233. The van der Waals surface area contributed by atoms with Gasteiger partial charge >= 0.3 is 0 Å². The molecule has 3 heteroatoms. The van der Waals surface area contributed by atoms with E-state index in [-0.39, 0.29) is 11.8 Å². The van der Waals surface area contributed by atoms with Crippen LogP contribution in [0.15, 0.2) is 12.1 Å². The fourth-order valence-electron chi connectivity index (χ4n) is 1.20. The number of nitrogens with two attached hydrogens (primary N) is 1. The standard InChI is InChI=1S/C10H14ClNO/c1-3-9(12)7-5-8(11)6(2)4-10(7)13/h4-5,9,13H,3,12H2,1-2H3. The minimum absolute atomic E-state index is 0.141. The lowest BCUT2D eigenvalue weighted by molar-refractivity contribution is 0.460. The molecule has 0 heterocycles. The maximum absolute atomic E-state index is 9.58. The number of rotatable bonds is 2. The van der Waals surface area contributed by atoms with E-state index in [0.717, 1.165) is 17.5 Å². The first-order valence-electron chi connectivity index (χ1n) is 4.30. The highest BCUT2D eigenvalue weighted by Crippen LogP contribution is 2.30. The van der Waals surface area contributed by atoms with Crippen molar-refractivity contribution < 1.29 is 5.11 Å². The van der Waals surface area contributed by atoms with Gasteiger partial charge in [-0.1, -0.05) is 18.5 Å². The zero-order valence-electron chi connectivity index (χ0n) is 7.84. The second-order valence-corrected chi connectivity index (χ2v) is 3.58. The Morgan fingerprint density at radius 3 is 2.69 bits per heavy atom. The van der Waals surface area contributed by atoms with Crippen LogP contribution in [0.25, 0.3) is 0 Å². The lowest BCUT2D eigenvalue weighted by Gasteiger charge is -2.12. The van der Waals surface area contributed by atoms with Crippen LogP contribution in [-0.4, -0.2) is 5.11 Å². The van der Waals surface area contributed by atoms with Crippen molar-refractivity contribution in [3.63, 3.8) is 0 Å². The molecule has 0 saturated carbocycles. The topological polar surface area (TPSA) is 46.2 Å². The first-order chi connectivity index (χ1) is 6.06. The number of hydrogen-bond donors (Lipinski definition) is 2. The monoisotopic (exact) mass is 199 g/mol. The summed E-state index contributed by atoms with van der Waals surface area (Å²) in [5, 5.41) is 10.2. The number of halogens is 1. The van der Waals surface area contributed by atoms with Gasteiger partial charge in [0.25, 0.3) is 0 Å². The molecule has 0 bridgehead atoms. The average Bonchev–Trinajstić information content (AvgIpc) is 2.10. The van der Waals surface area contributed by atoms with Gasteiger partial charge in [0.2, 0.25) is 0 Å². The molecule has 0 aliphatic rings. The van der Waals surface area contributed by atoms with E-state index in [4.69, 9.17) is 17.3 Å². The molecular weight excluding hydrogens is 186 g/mol. The average molecular weight is 200 g/mol. The van der Waals surface area contributed by atoms with Crippen molar-refractivity contribution in [2.75, 3.05) is 0 Å². The largest absolute Gasteiger partial charge is 0.508 e. The molecule has 3 N–H and O–H groups in total. The van der Waals surface area contributed by atoms with E-state index in [1.165, 1.54) is 0 Å². The molecule has 0 spiro atoms. The van der Waals surface area contributed by atoms with Crippen molar-refractivity contribution in [3.05, 3.63) is 28.3 Å². The maximum Gasteiger partial charge on any atom is 0.120 e. The molecule has 0 radical (unpaired) electrons. The van der Waals surface area contributed by atoms with Gasteiger partial charge in [0.05, 0.1) is 0 Å². The van der Waals surface area contributed by atoms with Crippen molar-refractivity contribution in [2.45, 2.75) is 26.3 Å². The molecule has 1 aromatic rings. The smallest absolute Gasteiger partial charge is 0.120 e. The quantitative estimate of drug-likeness (QED) is 0.770. The predicted octanol–water partition coefficient (Wildman–Crippen LogP) is 2.76. The van der Waals surface area contributed by atoms with Crippen LogP contribution < -0.4 is 5.73 Å². The van der Waals surface area contributed by atoms with Gasteiger partial charge in [0.15, 0.2) is 0 Å². The van der Waals surface area contributed by atoms with E-state index in [9.17, 15) is 5.11 Å². The Morgan fingerprint density at radius 1 is 1.54 bits per heavy atom. The molecular formula is C10H14ClNO. The SMILES string of the molecule is CCC(N)c1cc(Cl)c(C)cc1O.